The molecule has 0 atom stereocenters. The summed E-state index contributed by atoms with van der Waals surface area (Å²) < 4.78 is 29.8. The molecule has 1 heterocycles. The smallest absolute Gasteiger partial charge is 0.261 e. The molecule has 0 aliphatic heterocycles. The first-order valence-electron chi connectivity index (χ1n) is 6.77. The summed E-state index contributed by atoms with van der Waals surface area (Å²) in [5.74, 6) is 1.90. The van der Waals surface area contributed by atoms with Crippen molar-refractivity contribution in [2.75, 3.05) is 25.1 Å². The largest absolute Gasteiger partial charge is 0.375 e. The summed E-state index contributed by atoms with van der Waals surface area (Å²) in [5, 5.41) is 3.19. The van der Waals surface area contributed by atoms with Gasteiger partial charge < -0.3 is 10.1 Å². The molecule has 0 aromatic carbocycles. The van der Waals surface area contributed by atoms with Crippen molar-refractivity contribution in [3.05, 3.63) is 16.0 Å². The molecular weight excluding hydrogens is 332 g/mol. The van der Waals surface area contributed by atoms with E-state index in [-0.39, 0.29) is 6.61 Å². The number of hydrogen-bond acceptors (Lipinski definition) is 4. The van der Waals surface area contributed by atoms with E-state index in [1.165, 1.54) is 0 Å². The monoisotopic (exact) mass is 349 g/mol. The van der Waals surface area contributed by atoms with Gasteiger partial charge in [-0.3, -0.25) is 0 Å². The second-order valence-corrected chi connectivity index (χ2v) is 5.50. The molecule has 1 aromatic heterocycles. The molecule has 112 valence electrons. The van der Waals surface area contributed by atoms with Crippen LogP contribution in [0.15, 0.2) is 4.47 Å². The molecule has 1 N–H and O–H groups in total. The van der Waals surface area contributed by atoms with Gasteiger partial charge in [-0.1, -0.05) is 0 Å². The van der Waals surface area contributed by atoms with Crippen molar-refractivity contribution < 1.29 is 13.5 Å². The van der Waals surface area contributed by atoms with Crippen LogP contribution in [0.5, 0.6) is 0 Å². The standard InChI is InChI=1S/C13H18BrF2N3O/c1-2-17-13-11(14)12(8-3-4-8)18-10(19-13)5-6-20-7-9(15)16/h8-9H,2-7H2,1H3,(H,17,18,19). The van der Waals surface area contributed by atoms with Gasteiger partial charge in [0.1, 0.15) is 18.2 Å². The van der Waals surface area contributed by atoms with Crippen molar-refractivity contribution in [3.63, 3.8) is 0 Å². The first-order chi connectivity index (χ1) is 9.61. The highest BCUT2D eigenvalue weighted by atomic mass is 79.9. The van der Waals surface area contributed by atoms with E-state index in [2.05, 4.69) is 31.2 Å². The summed E-state index contributed by atoms with van der Waals surface area (Å²) >= 11 is 3.54. The Bertz CT molecular complexity index is 455. The van der Waals surface area contributed by atoms with Gasteiger partial charge in [-0.05, 0) is 35.7 Å². The van der Waals surface area contributed by atoms with E-state index in [4.69, 9.17) is 4.74 Å². The normalized spacial score (nSPS) is 14.8. The van der Waals surface area contributed by atoms with E-state index in [9.17, 15) is 8.78 Å². The van der Waals surface area contributed by atoms with Crippen LogP contribution in [0.3, 0.4) is 0 Å². The van der Waals surface area contributed by atoms with Gasteiger partial charge in [0.05, 0.1) is 16.8 Å². The van der Waals surface area contributed by atoms with E-state index in [1.807, 2.05) is 6.92 Å². The lowest BCUT2D eigenvalue weighted by atomic mass is 10.2. The molecule has 0 bridgehead atoms. The number of aromatic nitrogens is 2. The second-order valence-electron chi connectivity index (χ2n) is 4.71. The van der Waals surface area contributed by atoms with Gasteiger partial charge in [0.15, 0.2) is 0 Å². The molecule has 7 heteroatoms. The molecule has 1 aromatic rings. The maximum Gasteiger partial charge on any atom is 0.261 e. The van der Waals surface area contributed by atoms with E-state index in [0.29, 0.717) is 18.2 Å². The molecule has 1 saturated carbocycles. The van der Waals surface area contributed by atoms with Crippen molar-refractivity contribution in [1.29, 1.82) is 0 Å². The van der Waals surface area contributed by atoms with Gasteiger partial charge >= 0.3 is 0 Å². The molecule has 20 heavy (non-hydrogen) atoms. The number of ether oxygens (including phenoxy) is 1. The minimum Gasteiger partial charge on any atom is -0.375 e. The summed E-state index contributed by atoms with van der Waals surface area (Å²) in [6.07, 6.45) is 0.295. The van der Waals surface area contributed by atoms with Crippen LogP contribution in [-0.4, -0.2) is 36.2 Å². The van der Waals surface area contributed by atoms with Gasteiger partial charge in [-0.25, -0.2) is 18.7 Å². The number of nitrogens with zero attached hydrogens (tertiary/aromatic N) is 2. The molecule has 0 unspecified atom stereocenters. The molecule has 4 nitrogen and oxygen atoms in total. The third kappa shape index (κ3) is 4.34. The fourth-order valence-corrected chi connectivity index (χ4v) is 2.51. The summed E-state index contributed by atoms with van der Waals surface area (Å²) in [7, 11) is 0. The van der Waals surface area contributed by atoms with Crippen molar-refractivity contribution in [2.45, 2.75) is 38.5 Å². The summed E-state index contributed by atoms with van der Waals surface area (Å²) in [6.45, 7) is 2.44. The Labute approximate surface area is 125 Å². The van der Waals surface area contributed by atoms with Gasteiger partial charge in [0, 0.05) is 18.9 Å². The molecule has 0 amide bonds. The molecule has 1 aliphatic carbocycles. The molecule has 0 spiro atoms. The Morgan fingerprint density at radius 3 is 2.75 bits per heavy atom. The summed E-state index contributed by atoms with van der Waals surface area (Å²) in [5.41, 5.74) is 1.01. The minimum absolute atomic E-state index is 0.210. The van der Waals surface area contributed by atoms with E-state index >= 15 is 0 Å². The van der Waals surface area contributed by atoms with Gasteiger partial charge in [0.2, 0.25) is 0 Å². The lowest BCUT2D eigenvalue weighted by Crippen LogP contribution is -2.11. The Morgan fingerprint density at radius 1 is 1.40 bits per heavy atom. The predicted molar refractivity (Wildman–Crippen MR) is 76.4 cm³/mol. The third-order valence-corrected chi connectivity index (χ3v) is 3.73. The van der Waals surface area contributed by atoms with Crippen LogP contribution in [0.2, 0.25) is 0 Å². The molecular formula is C13H18BrF2N3O. The first-order valence-corrected chi connectivity index (χ1v) is 7.57. The number of alkyl halides is 2. The van der Waals surface area contributed by atoms with Crippen LogP contribution >= 0.6 is 15.9 Å². The van der Waals surface area contributed by atoms with Crippen LogP contribution in [0.4, 0.5) is 14.6 Å². The summed E-state index contributed by atoms with van der Waals surface area (Å²) in [4.78, 5) is 8.94. The highest BCUT2D eigenvalue weighted by Gasteiger charge is 2.29. The second kappa shape index (κ2) is 7.26. The Hall–Kier alpha value is -0.820. The topological polar surface area (TPSA) is 47.0 Å². The van der Waals surface area contributed by atoms with Crippen LogP contribution in [-0.2, 0) is 11.2 Å². The van der Waals surface area contributed by atoms with Crippen LogP contribution in [0.1, 0.15) is 37.2 Å². The Balaban J connectivity index is 2.03. The minimum atomic E-state index is -2.43. The lowest BCUT2D eigenvalue weighted by Gasteiger charge is -2.12. The van der Waals surface area contributed by atoms with E-state index in [1.54, 1.807) is 0 Å². The van der Waals surface area contributed by atoms with Crippen LogP contribution in [0.25, 0.3) is 0 Å². The third-order valence-electron chi connectivity index (χ3n) is 2.95. The van der Waals surface area contributed by atoms with Crippen molar-refractivity contribution in [2.24, 2.45) is 0 Å². The first kappa shape index (κ1) is 15.6. The summed E-state index contributed by atoms with van der Waals surface area (Å²) in [6, 6.07) is 0. The number of rotatable bonds is 8. The van der Waals surface area contributed by atoms with Crippen LogP contribution in [0, 0.1) is 0 Å². The van der Waals surface area contributed by atoms with Crippen LogP contribution < -0.4 is 5.32 Å². The average Bonchev–Trinajstić information content (AvgIpc) is 3.22. The highest BCUT2D eigenvalue weighted by molar-refractivity contribution is 9.10. The maximum absolute atomic E-state index is 12.0. The van der Waals surface area contributed by atoms with Gasteiger partial charge in [-0.15, -0.1) is 0 Å². The molecule has 1 aliphatic rings. The maximum atomic E-state index is 12.0. The molecule has 0 radical (unpaired) electrons. The zero-order valence-electron chi connectivity index (χ0n) is 11.3. The van der Waals surface area contributed by atoms with Crippen molar-refractivity contribution >= 4 is 21.7 Å². The molecule has 1 fully saturated rings. The molecule has 0 saturated heterocycles. The fourth-order valence-electron chi connectivity index (χ4n) is 1.87. The zero-order chi connectivity index (χ0) is 14.5. The SMILES string of the molecule is CCNc1nc(CCOCC(F)F)nc(C2CC2)c1Br. The zero-order valence-corrected chi connectivity index (χ0v) is 12.9. The van der Waals surface area contributed by atoms with Gasteiger partial charge in [0.25, 0.3) is 6.43 Å². The lowest BCUT2D eigenvalue weighted by molar-refractivity contribution is 0.0183. The average molecular weight is 350 g/mol. The van der Waals surface area contributed by atoms with E-state index < -0.39 is 13.0 Å². The quantitative estimate of drug-likeness (QED) is 0.731. The van der Waals surface area contributed by atoms with Gasteiger partial charge in [-0.2, -0.15) is 0 Å². The van der Waals surface area contributed by atoms with Crippen molar-refractivity contribution in [1.82, 2.24) is 9.97 Å². The fraction of sp³-hybridized carbons (Fsp3) is 0.692. The highest BCUT2D eigenvalue weighted by Crippen LogP contribution is 2.43. The Kier molecular flexibility index (Phi) is 5.65. The number of hydrogen-bond donors (Lipinski definition) is 1. The number of halogens is 3. The van der Waals surface area contributed by atoms with E-state index in [0.717, 1.165) is 35.4 Å². The van der Waals surface area contributed by atoms with Crippen molar-refractivity contribution in [3.8, 4) is 0 Å². The predicted octanol–water partition coefficient (Wildman–Crippen LogP) is 3.37. The number of anilines is 1. The number of nitrogens with one attached hydrogen (secondary N) is 1. The Morgan fingerprint density at radius 2 is 2.15 bits per heavy atom. The molecule has 2 rings (SSSR count).